The highest BCUT2D eigenvalue weighted by Crippen LogP contribution is 1.99. The van der Waals surface area contributed by atoms with Gasteiger partial charge in [-0.3, -0.25) is 4.79 Å². The van der Waals surface area contributed by atoms with E-state index in [1.165, 1.54) is 0 Å². The summed E-state index contributed by atoms with van der Waals surface area (Å²) < 4.78 is 0. The van der Waals surface area contributed by atoms with Crippen LogP contribution in [0.25, 0.3) is 0 Å². The Bertz CT molecular complexity index is 236. The molecule has 0 fully saturated rings. The van der Waals surface area contributed by atoms with Crippen molar-refractivity contribution in [1.82, 2.24) is 0 Å². The van der Waals surface area contributed by atoms with Crippen molar-refractivity contribution in [2.45, 2.75) is 44.3 Å². The van der Waals surface area contributed by atoms with E-state index in [0.29, 0.717) is 25.7 Å². The molecule has 0 rings (SSSR count). The van der Waals surface area contributed by atoms with Gasteiger partial charge >= 0.3 is 5.91 Å². The highest BCUT2D eigenvalue weighted by atomic mass is 32.1. The lowest BCUT2D eigenvalue weighted by Crippen LogP contribution is -3.11. The third-order valence-electron chi connectivity index (χ3n) is 2.29. The molecule has 0 bridgehead atoms. The molecule has 5 nitrogen and oxygen atoms in total. The molecule has 0 heterocycles. The van der Waals surface area contributed by atoms with Gasteiger partial charge in [-0.25, -0.2) is 4.79 Å². The fourth-order valence-electron chi connectivity index (χ4n) is 1.26. The second-order valence-corrected chi connectivity index (χ2v) is 4.36. The Morgan fingerprint density at radius 3 is 2.50 bits per heavy atom. The van der Waals surface area contributed by atoms with Crippen molar-refractivity contribution >= 4 is 24.4 Å². The van der Waals surface area contributed by atoms with Crippen LogP contribution in [0.3, 0.4) is 0 Å². The van der Waals surface area contributed by atoms with Gasteiger partial charge in [0, 0.05) is 6.42 Å². The molecule has 2 atom stereocenters. The lowest BCUT2D eigenvalue weighted by Gasteiger charge is -2.21. The standard InChI is InChI=1S/C10H20N2O3S/c1-2-8(16)10(14)12(15)7-5-3-4-6-9(11)13/h8,12,16H,2-7H2,1H3,(H2,11,13). The van der Waals surface area contributed by atoms with Crippen LogP contribution in [-0.4, -0.2) is 23.6 Å². The first kappa shape index (κ1) is 15.4. The molecule has 2 unspecified atom stereocenters. The smallest absolute Gasteiger partial charge is 0.324 e. The number of quaternary nitrogens is 1. The average Bonchev–Trinajstić information content (AvgIpc) is 2.25. The van der Waals surface area contributed by atoms with Crippen LogP contribution >= 0.6 is 12.6 Å². The van der Waals surface area contributed by atoms with E-state index in [4.69, 9.17) is 5.73 Å². The summed E-state index contributed by atoms with van der Waals surface area (Å²) in [4.78, 5) is 21.8. The van der Waals surface area contributed by atoms with Gasteiger partial charge in [-0.1, -0.05) is 6.92 Å². The number of amides is 2. The lowest BCUT2D eigenvalue weighted by molar-refractivity contribution is -0.765. The SMILES string of the molecule is CCC(S)C(=O)[NH+]([O-])CCCCCC(N)=O. The maximum atomic E-state index is 11.4. The number of rotatable bonds is 8. The quantitative estimate of drug-likeness (QED) is 0.312. The minimum absolute atomic E-state index is 0.245. The van der Waals surface area contributed by atoms with Gasteiger partial charge in [0.15, 0.2) is 0 Å². The van der Waals surface area contributed by atoms with Crippen molar-refractivity contribution in [2.24, 2.45) is 5.73 Å². The Kier molecular flexibility index (Phi) is 8.23. The number of hydrogen-bond donors (Lipinski definition) is 3. The molecule has 0 radical (unpaired) electrons. The van der Waals surface area contributed by atoms with Gasteiger partial charge in [-0.15, -0.1) is 0 Å². The number of hydrogen-bond acceptors (Lipinski definition) is 4. The molecular formula is C10H20N2O3S. The van der Waals surface area contributed by atoms with Crippen molar-refractivity contribution in [3.63, 3.8) is 0 Å². The Hall–Kier alpha value is -0.590. The van der Waals surface area contributed by atoms with E-state index in [-0.39, 0.29) is 17.5 Å². The molecular weight excluding hydrogens is 228 g/mol. The van der Waals surface area contributed by atoms with E-state index >= 15 is 0 Å². The molecule has 0 saturated carbocycles. The summed E-state index contributed by atoms with van der Waals surface area (Å²) in [5, 5.41) is 10.5. The van der Waals surface area contributed by atoms with E-state index in [0.717, 1.165) is 6.42 Å². The zero-order valence-electron chi connectivity index (χ0n) is 9.57. The van der Waals surface area contributed by atoms with Gasteiger partial charge in [-0.2, -0.15) is 12.6 Å². The van der Waals surface area contributed by atoms with Crippen LogP contribution in [0.2, 0.25) is 0 Å². The van der Waals surface area contributed by atoms with Crippen LogP contribution in [0.4, 0.5) is 0 Å². The number of thiol groups is 1. The normalized spacial score (nSPS) is 14.4. The summed E-state index contributed by atoms with van der Waals surface area (Å²) in [7, 11) is 0. The Labute approximate surface area is 101 Å². The fourth-order valence-corrected chi connectivity index (χ4v) is 1.40. The van der Waals surface area contributed by atoms with Crippen molar-refractivity contribution < 1.29 is 14.7 Å². The van der Waals surface area contributed by atoms with Gasteiger partial charge in [0.05, 0.1) is 6.54 Å². The number of unbranched alkanes of at least 4 members (excludes halogenated alkanes) is 2. The average molecular weight is 248 g/mol. The molecule has 0 aliphatic carbocycles. The van der Waals surface area contributed by atoms with Crippen molar-refractivity contribution in [1.29, 1.82) is 0 Å². The second kappa shape index (κ2) is 8.55. The van der Waals surface area contributed by atoms with Crippen molar-refractivity contribution in [3.05, 3.63) is 5.21 Å². The zero-order valence-corrected chi connectivity index (χ0v) is 10.5. The van der Waals surface area contributed by atoms with Crippen LogP contribution in [0.15, 0.2) is 0 Å². The maximum Gasteiger partial charge on any atom is 0.324 e. The fraction of sp³-hybridized carbons (Fsp3) is 0.800. The number of carbonyl (C=O) groups excluding carboxylic acids is 2. The van der Waals surface area contributed by atoms with Gasteiger partial charge in [0.2, 0.25) is 5.91 Å². The minimum Gasteiger partial charge on any atom is -0.627 e. The lowest BCUT2D eigenvalue weighted by atomic mass is 10.2. The molecule has 16 heavy (non-hydrogen) atoms. The van der Waals surface area contributed by atoms with Crippen LogP contribution in [-0.2, 0) is 9.59 Å². The molecule has 94 valence electrons. The summed E-state index contributed by atoms with van der Waals surface area (Å²) in [5.41, 5.74) is 4.97. The first-order valence-corrected chi connectivity index (χ1v) is 6.04. The molecule has 0 aromatic heterocycles. The molecule has 0 aliphatic rings. The van der Waals surface area contributed by atoms with Gasteiger partial charge in [0.25, 0.3) is 0 Å². The van der Waals surface area contributed by atoms with Crippen molar-refractivity contribution in [2.75, 3.05) is 6.54 Å². The first-order chi connectivity index (χ1) is 7.49. The Balaban J connectivity index is 3.61. The van der Waals surface area contributed by atoms with E-state index in [2.05, 4.69) is 12.6 Å². The second-order valence-electron chi connectivity index (χ2n) is 3.74. The predicted molar refractivity (Wildman–Crippen MR) is 64.9 cm³/mol. The Morgan fingerprint density at radius 1 is 1.38 bits per heavy atom. The van der Waals surface area contributed by atoms with Crippen LogP contribution in [0.1, 0.15) is 39.0 Å². The molecule has 0 spiro atoms. The summed E-state index contributed by atoms with van der Waals surface area (Å²) in [6.45, 7) is 2.06. The third kappa shape index (κ3) is 6.81. The third-order valence-corrected chi connectivity index (χ3v) is 2.89. The van der Waals surface area contributed by atoms with Gasteiger partial charge in [0.1, 0.15) is 5.25 Å². The van der Waals surface area contributed by atoms with Crippen LogP contribution in [0, 0.1) is 5.21 Å². The van der Waals surface area contributed by atoms with E-state index < -0.39 is 11.2 Å². The van der Waals surface area contributed by atoms with Crippen molar-refractivity contribution in [3.8, 4) is 0 Å². The maximum absolute atomic E-state index is 11.4. The highest BCUT2D eigenvalue weighted by molar-refractivity contribution is 7.81. The van der Waals surface area contributed by atoms with E-state index in [9.17, 15) is 14.8 Å². The molecule has 0 saturated heterocycles. The number of primary amides is 1. The molecule has 0 aromatic carbocycles. The number of nitrogens with two attached hydrogens (primary N) is 1. The molecule has 6 heteroatoms. The highest BCUT2D eigenvalue weighted by Gasteiger charge is 2.18. The van der Waals surface area contributed by atoms with Gasteiger partial charge < -0.3 is 16.0 Å². The van der Waals surface area contributed by atoms with Gasteiger partial charge in [-0.05, 0) is 25.7 Å². The Morgan fingerprint density at radius 2 is 2.00 bits per heavy atom. The number of hydroxylamine groups is 2. The van der Waals surface area contributed by atoms with E-state index in [1.807, 2.05) is 6.92 Å². The van der Waals surface area contributed by atoms with Crippen LogP contribution in [0.5, 0.6) is 0 Å². The predicted octanol–water partition coefficient (Wildman–Crippen LogP) is -0.350. The molecule has 3 N–H and O–H groups in total. The number of carbonyl (C=O) groups is 2. The summed E-state index contributed by atoms with van der Waals surface area (Å²) in [6.07, 6.45) is 2.95. The van der Waals surface area contributed by atoms with E-state index in [1.54, 1.807) is 0 Å². The summed E-state index contributed by atoms with van der Waals surface area (Å²) in [6, 6.07) is 0. The minimum atomic E-state index is -0.474. The zero-order chi connectivity index (χ0) is 12.6. The van der Waals surface area contributed by atoms with Crippen LogP contribution < -0.4 is 10.8 Å². The topological polar surface area (TPSA) is 87.7 Å². The molecule has 2 amide bonds. The number of nitrogens with one attached hydrogen (secondary N) is 1. The summed E-state index contributed by atoms with van der Waals surface area (Å²) in [5.74, 6) is -0.732. The molecule has 0 aromatic rings. The molecule has 0 aliphatic heterocycles. The largest absolute Gasteiger partial charge is 0.627 e. The summed E-state index contributed by atoms with van der Waals surface area (Å²) >= 11 is 4.02. The first-order valence-electron chi connectivity index (χ1n) is 5.52. The monoisotopic (exact) mass is 248 g/mol.